The SMILES string of the molecule is CCN1CC2C=C(c3cncc(C)c3)C1C2. The van der Waals surface area contributed by atoms with Crippen molar-refractivity contribution < 1.29 is 0 Å². The number of likely N-dealkylation sites (tertiary alicyclic amines) is 1. The molecule has 2 nitrogen and oxygen atoms in total. The number of aromatic nitrogens is 1. The van der Waals surface area contributed by atoms with Gasteiger partial charge in [-0.25, -0.2) is 0 Å². The summed E-state index contributed by atoms with van der Waals surface area (Å²) < 4.78 is 0. The lowest BCUT2D eigenvalue weighted by atomic mass is 10.0. The molecule has 2 aliphatic rings. The molecule has 0 aromatic carbocycles. The Hall–Kier alpha value is -1.15. The molecule has 0 saturated carbocycles. The average molecular weight is 214 g/mol. The van der Waals surface area contributed by atoms with E-state index in [1.807, 2.05) is 12.4 Å². The van der Waals surface area contributed by atoms with Gasteiger partial charge in [0.15, 0.2) is 0 Å². The highest BCUT2D eigenvalue weighted by Crippen LogP contribution is 2.41. The third kappa shape index (κ3) is 1.49. The van der Waals surface area contributed by atoms with Crippen LogP contribution in [0.3, 0.4) is 0 Å². The highest BCUT2D eigenvalue weighted by molar-refractivity contribution is 5.72. The maximum Gasteiger partial charge on any atom is 0.0357 e. The molecule has 1 saturated heterocycles. The van der Waals surface area contributed by atoms with Crippen LogP contribution in [-0.2, 0) is 0 Å². The van der Waals surface area contributed by atoms with E-state index < -0.39 is 0 Å². The van der Waals surface area contributed by atoms with Crippen LogP contribution < -0.4 is 0 Å². The maximum atomic E-state index is 4.30. The van der Waals surface area contributed by atoms with E-state index in [4.69, 9.17) is 0 Å². The van der Waals surface area contributed by atoms with Gasteiger partial charge in [-0.15, -0.1) is 0 Å². The summed E-state index contributed by atoms with van der Waals surface area (Å²) in [5.74, 6) is 0.778. The molecular weight excluding hydrogens is 196 g/mol. The summed E-state index contributed by atoms with van der Waals surface area (Å²) in [5, 5.41) is 0. The minimum absolute atomic E-state index is 0.651. The van der Waals surface area contributed by atoms with E-state index in [1.165, 1.54) is 29.7 Å². The van der Waals surface area contributed by atoms with Gasteiger partial charge in [0.1, 0.15) is 0 Å². The van der Waals surface area contributed by atoms with Crippen LogP contribution in [0.15, 0.2) is 24.5 Å². The Morgan fingerprint density at radius 1 is 1.44 bits per heavy atom. The number of likely N-dealkylation sites (N-methyl/N-ethyl adjacent to an activating group) is 1. The molecule has 2 bridgehead atoms. The van der Waals surface area contributed by atoms with Crippen LogP contribution in [0.25, 0.3) is 5.57 Å². The minimum atomic E-state index is 0.651. The van der Waals surface area contributed by atoms with E-state index in [-0.39, 0.29) is 0 Å². The van der Waals surface area contributed by atoms with Gasteiger partial charge in [-0.3, -0.25) is 9.88 Å². The summed E-state index contributed by atoms with van der Waals surface area (Å²) in [4.78, 5) is 6.89. The number of hydrogen-bond acceptors (Lipinski definition) is 2. The van der Waals surface area contributed by atoms with E-state index >= 15 is 0 Å². The van der Waals surface area contributed by atoms with Gasteiger partial charge in [-0.2, -0.15) is 0 Å². The lowest BCUT2D eigenvalue weighted by Crippen LogP contribution is -2.31. The molecule has 84 valence electrons. The van der Waals surface area contributed by atoms with Crippen molar-refractivity contribution in [2.24, 2.45) is 5.92 Å². The topological polar surface area (TPSA) is 16.1 Å². The summed E-state index contributed by atoms with van der Waals surface area (Å²) in [7, 11) is 0. The zero-order valence-electron chi connectivity index (χ0n) is 9.98. The number of pyridine rings is 1. The molecule has 1 fully saturated rings. The van der Waals surface area contributed by atoms with Crippen molar-refractivity contribution in [3.05, 3.63) is 35.7 Å². The molecule has 2 heteroatoms. The van der Waals surface area contributed by atoms with Crippen LogP contribution in [0.1, 0.15) is 24.5 Å². The Labute approximate surface area is 97.0 Å². The Morgan fingerprint density at radius 3 is 3.00 bits per heavy atom. The Kier molecular flexibility index (Phi) is 2.32. The molecule has 0 radical (unpaired) electrons. The number of rotatable bonds is 2. The second-order valence-electron chi connectivity index (χ2n) is 4.97. The molecule has 16 heavy (non-hydrogen) atoms. The third-order valence-electron chi connectivity index (χ3n) is 3.82. The fraction of sp³-hybridized carbons (Fsp3) is 0.500. The van der Waals surface area contributed by atoms with E-state index in [2.05, 4.69) is 35.9 Å². The van der Waals surface area contributed by atoms with Crippen molar-refractivity contribution in [2.45, 2.75) is 26.3 Å². The smallest absolute Gasteiger partial charge is 0.0357 e. The highest BCUT2D eigenvalue weighted by Gasteiger charge is 2.38. The Bertz CT molecular complexity index is 436. The van der Waals surface area contributed by atoms with Crippen LogP contribution in [0, 0.1) is 12.8 Å². The number of nitrogens with zero attached hydrogens (tertiary/aromatic N) is 2. The van der Waals surface area contributed by atoms with Crippen LogP contribution in [0.2, 0.25) is 0 Å². The first-order valence-corrected chi connectivity index (χ1v) is 6.15. The molecule has 1 aliphatic carbocycles. The summed E-state index contributed by atoms with van der Waals surface area (Å²) in [6, 6.07) is 2.91. The van der Waals surface area contributed by atoms with E-state index in [0.717, 1.165) is 12.5 Å². The molecular formula is C14H18N2. The van der Waals surface area contributed by atoms with Crippen molar-refractivity contribution in [3.63, 3.8) is 0 Å². The van der Waals surface area contributed by atoms with Gasteiger partial charge in [0.05, 0.1) is 0 Å². The first-order valence-electron chi connectivity index (χ1n) is 6.15. The number of fused-ring (bicyclic) bond motifs is 2. The van der Waals surface area contributed by atoms with E-state index in [1.54, 1.807) is 0 Å². The first-order chi connectivity index (χ1) is 7.78. The zero-order chi connectivity index (χ0) is 11.1. The molecule has 0 spiro atoms. The summed E-state index contributed by atoms with van der Waals surface area (Å²) >= 11 is 0. The average Bonchev–Trinajstić information content (AvgIpc) is 2.87. The van der Waals surface area contributed by atoms with E-state index in [0.29, 0.717) is 6.04 Å². The molecule has 1 aromatic heterocycles. The van der Waals surface area contributed by atoms with Gasteiger partial charge in [0, 0.05) is 25.0 Å². The number of aryl methyl sites for hydroxylation is 1. The van der Waals surface area contributed by atoms with Gasteiger partial charge in [0.2, 0.25) is 0 Å². The Balaban J connectivity index is 1.95. The van der Waals surface area contributed by atoms with Crippen molar-refractivity contribution in [3.8, 4) is 0 Å². The van der Waals surface area contributed by atoms with Crippen molar-refractivity contribution in [1.82, 2.24) is 9.88 Å². The van der Waals surface area contributed by atoms with E-state index in [9.17, 15) is 0 Å². The van der Waals surface area contributed by atoms with Gasteiger partial charge in [-0.1, -0.05) is 13.0 Å². The standard InChI is InChI=1S/C14H18N2/c1-3-16-9-11-5-13(14(16)6-11)12-4-10(2)7-15-8-12/h4-5,7-8,11,14H,3,6,9H2,1-2H3. The summed E-state index contributed by atoms with van der Waals surface area (Å²) in [6.45, 7) is 6.79. The zero-order valence-corrected chi connectivity index (χ0v) is 9.98. The molecule has 0 N–H and O–H groups in total. The fourth-order valence-electron chi connectivity index (χ4n) is 3.10. The van der Waals surface area contributed by atoms with Crippen molar-refractivity contribution in [2.75, 3.05) is 13.1 Å². The first kappa shape index (κ1) is 10.0. The summed E-state index contributed by atoms with van der Waals surface area (Å²) in [6.07, 6.45) is 7.71. The largest absolute Gasteiger partial charge is 0.296 e. The van der Waals surface area contributed by atoms with Crippen molar-refractivity contribution in [1.29, 1.82) is 0 Å². The summed E-state index contributed by atoms with van der Waals surface area (Å²) in [5.41, 5.74) is 4.09. The maximum absolute atomic E-state index is 4.30. The molecule has 1 aliphatic heterocycles. The molecule has 3 rings (SSSR count). The second kappa shape index (κ2) is 3.70. The molecule has 2 heterocycles. The second-order valence-corrected chi connectivity index (χ2v) is 4.97. The highest BCUT2D eigenvalue weighted by atomic mass is 15.2. The minimum Gasteiger partial charge on any atom is -0.296 e. The monoisotopic (exact) mass is 214 g/mol. The predicted octanol–water partition coefficient (Wildman–Crippen LogP) is 2.50. The molecule has 0 amide bonds. The molecule has 2 unspecified atom stereocenters. The normalized spacial score (nSPS) is 28.5. The lowest BCUT2D eigenvalue weighted by molar-refractivity contribution is 0.303. The van der Waals surface area contributed by atoms with Gasteiger partial charge in [0.25, 0.3) is 0 Å². The van der Waals surface area contributed by atoms with Crippen LogP contribution in [0.5, 0.6) is 0 Å². The van der Waals surface area contributed by atoms with Crippen LogP contribution >= 0.6 is 0 Å². The van der Waals surface area contributed by atoms with Gasteiger partial charge < -0.3 is 0 Å². The molecule has 1 aromatic rings. The predicted molar refractivity (Wildman–Crippen MR) is 66.1 cm³/mol. The third-order valence-corrected chi connectivity index (χ3v) is 3.82. The van der Waals surface area contributed by atoms with Crippen LogP contribution in [0.4, 0.5) is 0 Å². The fourth-order valence-corrected chi connectivity index (χ4v) is 3.10. The molecule has 2 atom stereocenters. The Morgan fingerprint density at radius 2 is 2.31 bits per heavy atom. The lowest BCUT2D eigenvalue weighted by Gasteiger charge is -2.27. The quantitative estimate of drug-likeness (QED) is 0.752. The van der Waals surface area contributed by atoms with Crippen LogP contribution in [-0.4, -0.2) is 29.0 Å². The van der Waals surface area contributed by atoms with Gasteiger partial charge in [-0.05, 0) is 48.6 Å². The van der Waals surface area contributed by atoms with Crippen molar-refractivity contribution >= 4 is 5.57 Å². The van der Waals surface area contributed by atoms with Gasteiger partial charge >= 0.3 is 0 Å². The number of hydrogen-bond donors (Lipinski definition) is 0.